The molecule has 0 aliphatic rings. The zero-order valence-corrected chi connectivity index (χ0v) is 10.7. The van der Waals surface area contributed by atoms with Crippen molar-refractivity contribution in [3.63, 3.8) is 0 Å². The van der Waals surface area contributed by atoms with Gasteiger partial charge in [-0.15, -0.1) is 0 Å². The number of amides is 1. The number of rotatable bonds is 4. The van der Waals surface area contributed by atoms with Gasteiger partial charge in [0.2, 0.25) is 0 Å². The van der Waals surface area contributed by atoms with Crippen LogP contribution in [-0.4, -0.2) is 35.6 Å². The number of alkyl halides is 3. The fraction of sp³-hybridized carbons (Fsp3) is 0.462. The molecule has 0 radical (unpaired) electrons. The molecule has 106 valence electrons. The summed E-state index contributed by atoms with van der Waals surface area (Å²) in [4.78, 5) is 13.3. The highest BCUT2D eigenvalue weighted by molar-refractivity contribution is 5.94. The van der Waals surface area contributed by atoms with Gasteiger partial charge in [-0.3, -0.25) is 4.79 Å². The summed E-state index contributed by atoms with van der Waals surface area (Å²) in [6.45, 7) is 1.95. The highest BCUT2D eigenvalue weighted by atomic mass is 19.4. The maximum Gasteiger partial charge on any atom is 0.416 e. The lowest BCUT2D eigenvalue weighted by Crippen LogP contribution is -2.29. The third-order valence-corrected chi connectivity index (χ3v) is 2.69. The Kier molecular flexibility index (Phi) is 4.94. The fourth-order valence-corrected chi connectivity index (χ4v) is 1.50. The Morgan fingerprint density at radius 2 is 1.84 bits per heavy atom. The molecule has 0 aliphatic heterocycles. The zero-order chi connectivity index (χ0) is 14.6. The van der Waals surface area contributed by atoms with Gasteiger partial charge in [0.1, 0.15) is 0 Å². The SMILES string of the molecule is CC(O)CCN(C)C(=O)c1ccc(C(F)(F)F)cc1. The van der Waals surface area contributed by atoms with Crippen molar-refractivity contribution < 1.29 is 23.1 Å². The smallest absolute Gasteiger partial charge is 0.393 e. The number of aliphatic hydroxyl groups is 1. The normalized spacial score (nSPS) is 13.2. The highest BCUT2D eigenvalue weighted by Crippen LogP contribution is 2.29. The Labute approximate surface area is 109 Å². The summed E-state index contributed by atoms with van der Waals surface area (Å²) in [5, 5.41) is 9.12. The van der Waals surface area contributed by atoms with Crippen molar-refractivity contribution in [2.75, 3.05) is 13.6 Å². The van der Waals surface area contributed by atoms with Gasteiger partial charge in [0.15, 0.2) is 0 Å². The van der Waals surface area contributed by atoms with Crippen molar-refractivity contribution in [1.82, 2.24) is 4.90 Å². The average molecular weight is 275 g/mol. The molecule has 19 heavy (non-hydrogen) atoms. The first kappa shape index (κ1) is 15.5. The lowest BCUT2D eigenvalue weighted by molar-refractivity contribution is -0.137. The summed E-state index contributed by atoms with van der Waals surface area (Å²) >= 11 is 0. The third-order valence-electron chi connectivity index (χ3n) is 2.69. The van der Waals surface area contributed by atoms with Crippen molar-refractivity contribution in [2.24, 2.45) is 0 Å². The highest BCUT2D eigenvalue weighted by Gasteiger charge is 2.30. The van der Waals surface area contributed by atoms with Gasteiger partial charge < -0.3 is 10.0 Å². The van der Waals surface area contributed by atoms with E-state index >= 15 is 0 Å². The Bertz CT molecular complexity index is 427. The maximum absolute atomic E-state index is 12.4. The third kappa shape index (κ3) is 4.55. The predicted molar refractivity (Wildman–Crippen MR) is 64.7 cm³/mol. The Hall–Kier alpha value is -1.56. The molecule has 1 aromatic rings. The van der Waals surface area contributed by atoms with Crippen LogP contribution in [0.4, 0.5) is 13.2 Å². The fourth-order valence-electron chi connectivity index (χ4n) is 1.50. The predicted octanol–water partition coefficient (Wildman–Crippen LogP) is 2.55. The largest absolute Gasteiger partial charge is 0.416 e. The van der Waals surface area contributed by atoms with E-state index in [9.17, 15) is 18.0 Å². The summed E-state index contributed by atoms with van der Waals surface area (Å²) < 4.78 is 37.1. The number of carbonyl (C=O) groups excluding carboxylic acids is 1. The van der Waals surface area contributed by atoms with E-state index in [-0.39, 0.29) is 11.5 Å². The molecule has 0 spiro atoms. The van der Waals surface area contributed by atoms with Crippen molar-refractivity contribution >= 4 is 5.91 Å². The molecule has 0 fully saturated rings. The number of hydrogen-bond donors (Lipinski definition) is 1. The minimum Gasteiger partial charge on any atom is -0.393 e. The van der Waals surface area contributed by atoms with Gasteiger partial charge in [-0.05, 0) is 37.6 Å². The van der Waals surface area contributed by atoms with Gasteiger partial charge in [-0.25, -0.2) is 0 Å². The Morgan fingerprint density at radius 3 is 2.26 bits per heavy atom. The van der Waals surface area contributed by atoms with Crippen molar-refractivity contribution in [2.45, 2.75) is 25.6 Å². The first-order valence-corrected chi connectivity index (χ1v) is 5.82. The molecule has 0 heterocycles. The van der Waals surface area contributed by atoms with Crippen molar-refractivity contribution in [1.29, 1.82) is 0 Å². The van der Waals surface area contributed by atoms with Gasteiger partial charge in [0.25, 0.3) is 5.91 Å². The number of benzene rings is 1. The second-order valence-electron chi connectivity index (χ2n) is 4.44. The Morgan fingerprint density at radius 1 is 1.32 bits per heavy atom. The second-order valence-corrected chi connectivity index (χ2v) is 4.44. The summed E-state index contributed by atoms with van der Waals surface area (Å²) in [6.07, 6.45) is -4.51. The number of nitrogens with zero attached hydrogens (tertiary/aromatic N) is 1. The molecule has 1 atom stereocenters. The lowest BCUT2D eigenvalue weighted by Gasteiger charge is -2.18. The minimum absolute atomic E-state index is 0.195. The molecule has 3 nitrogen and oxygen atoms in total. The average Bonchev–Trinajstić information content (AvgIpc) is 2.34. The molecule has 1 rings (SSSR count). The van der Waals surface area contributed by atoms with Crippen LogP contribution in [0.1, 0.15) is 29.3 Å². The van der Waals surface area contributed by atoms with E-state index in [2.05, 4.69) is 0 Å². The summed E-state index contributed by atoms with van der Waals surface area (Å²) in [7, 11) is 1.54. The van der Waals surface area contributed by atoms with Crippen LogP contribution in [0.25, 0.3) is 0 Å². The molecule has 0 saturated carbocycles. The number of carbonyl (C=O) groups is 1. The van der Waals surface area contributed by atoms with Crippen LogP contribution in [0.15, 0.2) is 24.3 Å². The Balaban J connectivity index is 2.72. The van der Waals surface area contributed by atoms with Crippen molar-refractivity contribution in [3.8, 4) is 0 Å². The number of hydrogen-bond acceptors (Lipinski definition) is 2. The first-order valence-electron chi connectivity index (χ1n) is 5.82. The van der Waals surface area contributed by atoms with Gasteiger partial charge in [-0.1, -0.05) is 0 Å². The van der Waals surface area contributed by atoms with E-state index in [1.165, 1.54) is 4.90 Å². The van der Waals surface area contributed by atoms with E-state index in [0.717, 1.165) is 24.3 Å². The van der Waals surface area contributed by atoms with Gasteiger partial charge >= 0.3 is 6.18 Å². The molecule has 1 unspecified atom stereocenters. The molecule has 0 aliphatic carbocycles. The topological polar surface area (TPSA) is 40.5 Å². The molecule has 6 heteroatoms. The van der Waals surface area contributed by atoms with Crippen LogP contribution in [0.3, 0.4) is 0 Å². The molecule has 0 bridgehead atoms. The minimum atomic E-state index is -4.40. The van der Waals surface area contributed by atoms with Crippen LogP contribution in [0.5, 0.6) is 0 Å². The van der Waals surface area contributed by atoms with E-state index in [1.807, 2.05) is 0 Å². The van der Waals surface area contributed by atoms with E-state index in [4.69, 9.17) is 5.11 Å². The molecule has 1 aromatic carbocycles. The van der Waals surface area contributed by atoms with Gasteiger partial charge in [0, 0.05) is 19.2 Å². The van der Waals surface area contributed by atoms with Crippen LogP contribution in [-0.2, 0) is 6.18 Å². The molecule has 1 N–H and O–H groups in total. The van der Waals surface area contributed by atoms with Crippen LogP contribution >= 0.6 is 0 Å². The molecule has 1 amide bonds. The van der Waals surface area contributed by atoms with Gasteiger partial charge in [0.05, 0.1) is 11.7 Å². The van der Waals surface area contributed by atoms with E-state index < -0.39 is 17.8 Å². The zero-order valence-electron chi connectivity index (χ0n) is 10.7. The van der Waals surface area contributed by atoms with Gasteiger partial charge in [-0.2, -0.15) is 13.2 Å². The molecular formula is C13H16F3NO2. The number of halogens is 3. The van der Waals surface area contributed by atoms with Crippen LogP contribution < -0.4 is 0 Å². The summed E-state index contributed by atoms with van der Waals surface area (Å²) in [5.41, 5.74) is -0.586. The van der Waals surface area contributed by atoms with Crippen LogP contribution in [0, 0.1) is 0 Å². The number of aliphatic hydroxyl groups excluding tert-OH is 1. The van der Waals surface area contributed by atoms with Crippen molar-refractivity contribution in [3.05, 3.63) is 35.4 Å². The second kappa shape index (κ2) is 6.06. The van der Waals surface area contributed by atoms with E-state index in [0.29, 0.717) is 13.0 Å². The summed E-state index contributed by atoms with van der Waals surface area (Å²) in [6, 6.07) is 4.08. The summed E-state index contributed by atoms with van der Waals surface area (Å²) in [5.74, 6) is -0.366. The first-order chi connectivity index (χ1) is 8.71. The monoisotopic (exact) mass is 275 g/mol. The van der Waals surface area contributed by atoms with Crippen LogP contribution in [0.2, 0.25) is 0 Å². The van der Waals surface area contributed by atoms with E-state index in [1.54, 1.807) is 14.0 Å². The lowest BCUT2D eigenvalue weighted by atomic mass is 10.1. The molecular weight excluding hydrogens is 259 g/mol. The maximum atomic E-state index is 12.4. The standard InChI is InChI=1S/C13H16F3NO2/c1-9(18)7-8-17(2)12(19)10-3-5-11(6-4-10)13(14,15)16/h3-6,9,18H,7-8H2,1-2H3. The quantitative estimate of drug-likeness (QED) is 0.917. The molecule has 0 aromatic heterocycles. The molecule has 0 saturated heterocycles.